The van der Waals surface area contributed by atoms with Crippen LogP contribution in [-0.2, 0) is 6.42 Å². The normalized spacial score (nSPS) is 10.8. The van der Waals surface area contributed by atoms with Crippen LogP contribution in [0.2, 0.25) is 0 Å². The average Bonchev–Trinajstić information content (AvgIpc) is 2.20. The third-order valence-corrected chi connectivity index (χ3v) is 3.07. The zero-order valence-corrected chi connectivity index (χ0v) is 11.5. The molecular weight excluding hydrogens is 252 g/mol. The Bertz CT molecular complexity index is 332. The van der Waals surface area contributed by atoms with E-state index in [1.165, 1.54) is 16.7 Å². The minimum Gasteiger partial charge on any atom is -0.496 e. The van der Waals surface area contributed by atoms with Crippen molar-refractivity contribution in [3.05, 3.63) is 28.8 Å². The Morgan fingerprint density at radius 3 is 2.47 bits per heavy atom. The van der Waals surface area contributed by atoms with Crippen LogP contribution in [0.3, 0.4) is 0 Å². The zero-order chi connectivity index (χ0) is 11.4. The molecule has 0 aliphatic rings. The molecule has 2 heteroatoms. The number of alkyl halides is 1. The van der Waals surface area contributed by atoms with Crippen molar-refractivity contribution in [2.75, 3.05) is 12.4 Å². The maximum absolute atomic E-state index is 5.41. The molecule has 0 radical (unpaired) electrons. The fraction of sp³-hybridized carbons (Fsp3) is 0.538. The Morgan fingerprint density at radius 2 is 2.00 bits per heavy atom. The minimum absolute atomic E-state index is 0.509. The highest BCUT2D eigenvalue weighted by Gasteiger charge is 2.10. The first-order chi connectivity index (χ1) is 7.10. The smallest absolute Gasteiger partial charge is 0.122 e. The highest BCUT2D eigenvalue weighted by molar-refractivity contribution is 9.09. The van der Waals surface area contributed by atoms with Gasteiger partial charge in [-0.2, -0.15) is 0 Å². The second-order valence-corrected chi connectivity index (χ2v) is 4.91. The van der Waals surface area contributed by atoms with E-state index in [0.717, 1.165) is 17.5 Å². The van der Waals surface area contributed by atoms with Gasteiger partial charge in [-0.05, 0) is 42.0 Å². The van der Waals surface area contributed by atoms with Crippen molar-refractivity contribution in [2.45, 2.75) is 33.1 Å². The standard InChI is InChI=1S/C13H19BrO/c1-9(2)12-8-11(5-6-14)10(3)7-13(12)15-4/h7-9H,5-6H2,1-4H3. The van der Waals surface area contributed by atoms with Crippen molar-refractivity contribution in [1.29, 1.82) is 0 Å². The van der Waals surface area contributed by atoms with E-state index in [9.17, 15) is 0 Å². The lowest BCUT2D eigenvalue weighted by molar-refractivity contribution is 0.407. The second kappa shape index (κ2) is 5.55. The number of benzene rings is 1. The lowest BCUT2D eigenvalue weighted by atomic mass is 9.95. The number of aryl methyl sites for hydroxylation is 2. The van der Waals surface area contributed by atoms with E-state index in [1.54, 1.807) is 7.11 Å². The summed E-state index contributed by atoms with van der Waals surface area (Å²) in [5.41, 5.74) is 4.03. The van der Waals surface area contributed by atoms with E-state index < -0.39 is 0 Å². The Hall–Kier alpha value is -0.500. The molecule has 0 heterocycles. The van der Waals surface area contributed by atoms with E-state index in [4.69, 9.17) is 4.74 Å². The molecule has 0 aromatic heterocycles. The van der Waals surface area contributed by atoms with Gasteiger partial charge in [-0.15, -0.1) is 0 Å². The third-order valence-electron chi connectivity index (χ3n) is 2.67. The summed E-state index contributed by atoms with van der Waals surface area (Å²) in [6.45, 7) is 6.54. The monoisotopic (exact) mass is 270 g/mol. The van der Waals surface area contributed by atoms with E-state index in [1.807, 2.05) is 0 Å². The summed E-state index contributed by atoms with van der Waals surface area (Å²) < 4.78 is 5.41. The first kappa shape index (κ1) is 12.6. The zero-order valence-electron chi connectivity index (χ0n) is 9.93. The topological polar surface area (TPSA) is 9.23 Å². The van der Waals surface area contributed by atoms with Crippen LogP contribution < -0.4 is 4.74 Å². The summed E-state index contributed by atoms with van der Waals surface area (Å²) in [5.74, 6) is 1.52. The Labute approximate surface area is 101 Å². The van der Waals surface area contributed by atoms with E-state index in [0.29, 0.717) is 5.92 Å². The molecule has 0 bridgehead atoms. The van der Waals surface area contributed by atoms with Gasteiger partial charge < -0.3 is 4.74 Å². The van der Waals surface area contributed by atoms with Crippen molar-refractivity contribution in [1.82, 2.24) is 0 Å². The lowest BCUT2D eigenvalue weighted by Crippen LogP contribution is -1.99. The van der Waals surface area contributed by atoms with Crippen LogP contribution in [0.5, 0.6) is 5.75 Å². The maximum Gasteiger partial charge on any atom is 0.122 e. The van der Waals surface area contributed by atoms with Gasteiger partial charge in [-0.1, -0.05) is 35.8 Å². The number of rotatable bonds is 4. The van der Waals surface area contributed by atoms with Gasteiger partial charge in [0, 0.05) is 5.33 Å². The van der Waals surface area contributed by atoms with Crippen molar-refractivity contribution in [3.8, 4) is 5.75 Å². The summed E-state index contributed by atoms with van der Waals surface area (Å²) >= 11 is 3.49. The number of halogens is 1. The quantitative estimate of drug-likeness (QED) is 0.750. The predicted octanol–water partition coefficient (Wildman–Crippen LogP) is 4.06. The fourth-order valence-electron chi connectivity index (χ4n) is 1.74. The van der Waals surface area contributed by atoms with Crippen molar-refractivity contribution in [3.63, 3.8) is 0 Å². The fourth-order valence-corrected chi connectivity index (χ4v) is 2.17. The molecular formula is C13H19BrO. The van der Waals surface area contributed by atoms with Crippen LogP contribution >= 0.6 is 15.9 Å². The van der Waals surface area contributed by atoms with Gasteiger partial charge in [0.2, 0.25) is 0 Å². The summed E-state index contributed by atoms with van der Waals surface area (Å²) in [6, 6.07) is 4.42. The van der Waals surface area contributed by atoms with Crippen LogP contribution in [-0.4, -0.2) is 12.4 Å². The van der Waals surface area contributed by atoms with Gasteiger partial charge in [0.05, 0.1) is 7.11 Å². The van der Waals surface area contributed by atoms with Gasteiger partial charge >= 0.3 is 0 Å². The maximum atomic E-state index is 5.41. The SMILES string of the molecule is COc1cc(C)c(CCBr)cc1C(C)C. The van der Waals surface area contributed by atoms with Gasteiger partial charge in [0.25, 0.3) is 0 Å². The minimum atomic E-state index is 0.509. The Balaban J connectivity index is 3.17. The molecule has 0 fully saturated rings. The molecule has 0 amide bonds. The molecule has 0 saturated heterocycles. The van der Waals surface area contributed by atoms with E-state index in [-0.39, 0.29) is 0 Å². The molecule has 15 heavy (non-hydrogen) atoms. The van der Waals surface area contributed by atoms with Crippen molar-refractivity contribution in [2.24, 2.45) is 0 Å². The van der Waals surface area contributed by atoms with Crippen LogP contribution in [0.15, 0.2) is 12.1 Å². The number of hydrogen-bond acceptors (Lipinski definition) is 1. The summed E-state index contributed by atoms with van der Waals surface area (Å²) in [4.78, 5) is 0. The molecule has 1 rings (SSSR count). The molecule has 1 nitrogen and oxygen atoms in total. The molecule has 1 aromatic carbocycles. The van der Waals surface area contributed by atoms with Gasteiger partial charge in [-0.25, -0.2) is 0 Å². The number of hydrogen-bond donors (Lipinski definition) is 0. The first-order valence-corrected chi connectivity index (χ1v) is 6.45. The molecule has 0 atom stereocenters. The van der Waals surface area contributed by atoms with Crippen LogP contribution in [0, 0.1) is 6.92 Å². The predicted molar refractivity (Wildman–Crippen MR) is 69.3 cm³/mol. The van der Waals surface area contributed by atoms with Crippen LogP contribution in [0.4, 0.5) is 0 Å². The molecule has 84 valence electrons. The second-order valence-electron chi connectivity index (χ2n) is 4.11. The molecule has 0 aliphatic carbocycles. The molecule has 1 aromatic rings. The molecule has 0 aliphatic heterocycles. The first-order valence-electron chi connectivity index (χ1n) is 5.33. The van der Waals surface area contributed by atoms with Crippen molar-refractivity contribution < 1.29 is 4.74 Å². The Morgan fingerprint density at radius 1 is 1.33 bits per heavy atom. The van der Waals surface area contributed by atoms with Crippen LogP contribution in [0.1, 0.15) is 36.5 Å². The highest BCUT2D eigenvalue weighted by atomic mass is 79.9. The van der Waals surface area contributed by atoms with Gasteiger partial charge in [0.1, 0.15) is 5.75 Å². The van der Waals surface area contributed by atoms with Crippen molar-refractivity contribution >= 4 is 15.9 Å². The van der Waals surface area contributed by atoms with Crippen LogP contribution in [0.25, 0.3) is 0 Å². The molecule has 0 spiro atoms. The third kappa shape index (κ3) is 2.97. The summed E-state index contributed by atoms with van der Waals surface area (Å²) in [5, 5.41) is 1.01. The lowest BCUT2D eigenvalue weighted by Gasteiger charge is -2.15. The average molecular weight is 271 g/mol. The largest absolute Gasteiger partial charge is 0.496 e. The summed E-state index contributed by atoms with van der Waals surface area (Å²) in [6.07, 6.45) is 1.08. The summed E-state index contributed by atoms with van der Waals surface area (Å²) in [7, 11) is 1.74. The Kier molecular flexibility index (Phi) is 4.65. The highest BCUT2D eigenvalue weighted by Crippen LogP contribution is 2.29. The number of methoxy groups -OCH3 is 1. The van der Waals surface area contributed by atoms with Gasteiger partial charge in [0.15, 0.2) is 0 Å². The number of ether oxygens (including phenoxy) is 1. The van der Waals surface area contributed by atoms with E-state index >= 15 is 0 Å². The van der Waals surface area contributed by atoms with E-state index in [2.05, 4.69) is 48.8 Å². The van der Waals surface area contributed by atoms with Gasteiger partial charge in [-0.3, -0.25) is 0 Å². The molecule has 0 saturated carbocycles. The molecule has 0 unspecified atom stereocenters. The molecule has 0 N–H and O–H groups in total.